The van der Waals surface area contributed by atoms with E-state index in [1.54, 1.807) is 0 Å². The molecule has 2 heterocycles. The number of rotatable bonds is 2. The Bertz CT molecular complexity index is 243. The van der Waals surface area contributed by atoms with Crippen LogP contribution in [0.2, 0.25) is 0 Å². The first-order chi connectivity index (χ1) is 7.70. The van der Waals surface area contributed by atoms with Gasteiger partial charge in [-0.3, -0.25) is 0 Å². The van der Waals surface area contributed by atoms with Crippen molar-refractivity contribution in [2.45, 2.75) is 32.6 Å². The van der Waals surface area contributed by atoms with Gasteiger partial charge < -0.3 is 15.5 Å². The molecule has 0 saturated carbocycles. The van der Waals surface area contributed by atoms with E-state index in [1.807, 2.05) is 4.90 Å². The average Bonchev–Trinajstić information content (AvgIpc) is 2.80. The van der Waals surface area contributed by atoms with Gasteiger partial charge in [-0.15, -0.1) is 0 Å². The lowest BCUT2D eigenvalue weighted by atomic mass is 9.83. The summed E-state index contributed by atoms with van der Waals surface area (Å²) < 4.78 is 0. The van der Waals surface area contributed by atoms with Gasteiger partial charge in [-0.1, -0.05) is 6.92 Å². The van der Waals surface area contributed by atoms with Crippen molar-refractivity contribution in [1.82, 2.24) is 15.5 Å². The van der Waals surface area contributed by atoms with Gasteiger partial charge in [-0.05, 0) is 37.6 Å². The molecule has 0 radical (unpaired) electrons. The van der Waals surface area contributed by atoms with Crippen molar-refractivity contribution >= 4 is 6.03 Å². The third kappa shape index (κ3) is 2.88. The summed E-state index contributed by atoms with van der Waals surface area (Å²) in [5.41, 5.74) is 0.244. The number of hydrogen-bond acceptors (Lipinski definition) is 2. The molecule has 2 rings (SSSR count). The van der Waals surface area contributed by atoms with Gasteiger partial charge in [-0.25, -0.2) is 4.79 Å². The molecule has 16 heavy (non-hydrogen) atoms. The van der Waals surface area contributed by atoms with Crippen molar-refractivity contribution in [3.63, 3.8) is 0 Å². The predicted octanol–water partition coefficient (Wildman–Crippen LogP) is 1.18. The minimum atomic E-state index is 0.129. The Balaban J connectivity index is 1.75. The summed E-state index contributed by atoms with van der Waals surface area (Å²) >= 11 is 0. The van der Waals surface area contributed by atoms with Gasteiger partial charge >= 0.3 is 6.03 Å². The molecule has 92 valence electrons. The zero-order chi connectivity index (χ0) is 11.4. The van der Waals surface area contributed by atoms with Gasteiger partial charge in [0.2, 0.25) is 0 Å². The summed E-state index contributed by atoms with van der Waals surface area (Å²) in [5.74, 6) is 0. The maximum Gasteiger partial charge on any atom is 0.317 e. The largest absolute Gasteiger partial charge is 0.337 e. The molecule has 2 aliphatic heterocycles. The van der Waals surface area contributed by atoms with E-state index in [0.29, 0.717) is 0 Å². The SMILES string of the molecule is CC1(CNC(=O)N2CCCC2)CCCNC1. The topological polar surface area (TPSA) is 44.4 Å². The average molecular weight is 225 g/mol. The van der Waals surface area contributed by atoms with Crippen molar-refractivity contribution in [3.05, 3.63) is 0 Å². The van der Waals surface area contributed by atoms with E-state index in [1.165, 1.54) is 12.8 Å². The fraction of sp³-hybridized carbons (Fsp3) is 0.917. The van der Waals surface area contributed by atoms with Crippen LogP contribution in [0, 0.1) is 5.41 Å². The summed E-state index contributed by atoms with van der Waals surface area (Å²) in [6.07, 6.45) is 4.74. The lowest BCUT2D eigenvalue weighted by Crippen LogP contribution is -2.48. The highest BCUT2D eigenvalue weighted by molar-refractivity contribution is 5.74. The Labute approximate surface area is 97.8 Å². The molecule has 2 aliphatic rings. The Morgan fingerprint density at radius 1 is 1.38 bits per heavy atom. The molecule has 0 bridgehead atoms. The highest BCUT2D eigenvalue weighted by Gasteiger charge is 2.28. The molecule has 0 spiro atoms. The zero-order valence-electron chi connectivity index (χ0n) is 10.2. The molecule has 2 amide bonds. The smallest absolute Gasteiger partial charge is 0.317 e. The number of likely N-dealkylation sites (tertiary alicyclic amines) is 1. The van der Waals surface area contributed by atoms with Crippen LogP contribution in [-0.2, 0) is 0 Å². The number of nitrogens with one attached hydrogen (secondary N) is 2. The molecular weight excluding hydrogens is 202 g/mol. The Morgan fingerprint density at radius 2 is 2.12 bits per heavy atom. The number of urea groups is 1. The molecule has 0 aromatic carbocycles. The first kappa shape index (κ1) is 11.7. The highest BCUT2D eigenvalue weighted by atomic mass is 16.2. The van der Waals surface area contributed by atoms with Gasteiger partial charge in [0.1, 0.15) is 0 Å². The summed E-state index contributed by atoms with van der Waals surface area (Å²) in [4.78, 5) is 13.8. The molecule has 2 fully saturated rings. The third-order valence-corrected chi connectivity index (χ3v) is 3.75. The van der Waals surface area contributed by atoms with Crippen LogP contribution in [0.1, 0.15) is 32.6 Å². The number of carbonyl (C=O) groups is 1. The monoisotopic (exact) mass is 225 g/mol. The second kappa shape index (κ2) is 5.04. The van der Waals surface area contributed by atoms with Crippen LogP contribution in [0.3, 0.4) is 0 Å². The van der Waals surface area contributed by atoms with E-state index < -0.39 is 0 Å². The molecule has 1 atom stereocenters. The fourth-order valence-electron chi connectivity index (χ4n) is 2.59. The zero-order valence-corrected chi connectivity index (χ0v) is 10.2. The molecule has 2 N–H and O–H groups in total. The molecule has 0 aromatic rings. The predicted molar refractivity (Wildman–Crippen MR) is 64.4 cm³/mol. The van der Waals surface area contributed by atoms with E-state index in [4.69, 9.17) is 0 Å². The van der Waals surface area contributed by atoms with Gasteiger partial charge in [0.25, 0.3) is 0 Å². The Morgan fingerprint density at radius 3 is 2.75 bits per heavy atom. The summed E-state index contributed by atoms with van der Waals surface area (Å²) in [6, 6.07) is 0.129. The highest BCUT2D eigenvalue weighted by Crippen LogP contribution is 2.24. The Kier molecular flexibility index (Phi) is 3.69. The maximum atomic E-state index is 11.8. The number of hydrogen-bond donors (Lipinski definition) is 2. The van der Waals surface area contributed by atoms with Crippen molar-refractivity contribution in [2.75, 3.05) is 32.7 Å². The van der Waals surface area contributed by atoms with Crippen molar-refractivity contribution in [2.24, 2.45) is 5.41 Å². The lowest BCUT2D eigenvalue weighted by Gasteiger charge is -2.34. The molecule has 0 aromatic heterocycles. The van der Waals surface area contributed by atoms with Gasteiger partial charge in [0, 0.05) is 26.2 Å². The van der Waals surface area contributed by atoms with Crippen LogP contribution < -0.4 is 10.6 Å². The molecular formula is C12H23N3O. The summed E-state index contributed by atoms with van der Waals surface area (Å²) in [6.45, 7) is 7.06. The molecule has 2 saturated heterocycles. The molecule has 0 aliphatic carbocycles. The van der Waals surface area contributed by atoms with Crippen LogP contribution in [-0.4, -0.2) is 43.7 Å². The van der Waals surface area contributed by atoms with E-state index in [9.17, 15) is 4.79 Å². The number of piperidine rings is 1. The molecule has 4 nitrogen and oxygen atoms in total. The van der Waals surface area contributed by atoms with E-state index >= 15 is 0 Å². The molecule has 4 heteroatoms. The van der Waals surface area contributed by atoms with Gasteiger partial charge in [0.15, 0.2) is 0 Å². The lowest BCUT2D eigenvalue weighted by molar-refractivity contribution is 0.189. The van der Waals surface area contributed by atoms with E-state index in [2.05, 4.69) is 17.6 Å². The summed E-state index contributed by atoms with van der Waals surface area (Å²) in [5, 5.41) is 6.49. The number of nitrogens with zero attached hydrogens (tertiary/aromatic N) is 1. The minimum absolute atomic E-state index is 0.129. The van der Waals surface area contributed by atoms with Gasteiger partial charge in [0.05, 0.1) is 0 Å². The van der Waals surface area contributed by atoms with Crippen molar-refractivity contribution < 1.29 is 4.79 Å². The van der Waals surface area contributed by atoms with Crippen LogP contribution in [0.15, 0.2) is 0 Å². The first-order valence-electron chi connectivity index (χ1n) is 6.43. The minimum Gasteiger partial charge on any atom is -0.337 e. The second-order valence-electron chi connectivity index (χ2n) is 5.44. The fourth-order valence-corrected chi connectivity index (χ4v) is 2.59. The van der Waals surface area contributed by atoms with E-state index in [-0.39, 0.29) is 11.4 Å². The van der Waals surface area contributed by atoms with Crippen LogP contribution in [0.4, 0.5) is 4.79 Å². The standard InChI is InChI=1S/C12H23N3O/c1-12(5-4-6-13-9-12)10-14-11(16)15-7-2-3-8-15/h13H,2-10H2,1H3,(H,14,16). The van der Waals surface area contributed by atoms with E-state index in [0.717, 1.165) is 45.6 Å². The molecule has 1 unspecified atom stereocenters. The quantitative estimate of drug-likeness (QED) is 0.741. The maximum absolute atomic E-state index is 11.8. The van der Waals surface area contributed by atoms with Gasteiger partial charge in [-0.2, -0.15) is 0 Å². The number of amides is 2. The van der Waals surface area contributed by atoms with Crippen LogP contribution in [0.25, 0.3) is 0 Å². The summed E-state index contributed by atoms with van der Waals surface area (Å²) in [7, 11) is 0. The van der Waals surface area contributed by atoms with Crippen molar-refractivity contribution in [3.8, 4) is 0 Å². The second-order valence-corrected chi connectivity index (χ2v) is 5.44. The van der Waals surface area contributed by atoms with Crippen molar-refractivity contribution in [1.29, 1.82) is 0 Å². The first-order valence-corrected chi connectivity index (χ1v) is 6.43. The van der Waals surface area contributed by atoms with Crippen LogP contribution in [0.5, 0.6) is 0 Å². The third-order valence-electron chi connectivity index (χ3n) is 3.75. The normalized spacial score (nSPS) is 30.4. The number of carbonyl (C=O) groups excluding carboxylic acids is 1. The van der Waals surface area contributed by atoms with Crippen LogP contribution >= 0.6 is 0 Å². The Hall–Kier alpha value is -0.770.